The van der Waals surface area contributed by atoms with Crippen molar-refractivity contribution < 1.29 is 4.79 Å². The molecule has 0 unspecified atom stereocenters. The van der Waals surface area contributed by atoms with Crippen molar-refractivity contribution in [3.05, 3.63) is 52.8 Å². The molecule has 24 heavy (non-hydrogen) atoms. The molecule has 124 valence electrons. The van der Waals surface area contributed by atoms with Crippen LogP contribution in [0.25, 0.3) is 0 Å². The lowest BCUT2D eigenvalue weighted by Gasteiger charge is -2.15. The number of anilines is 1. The SMILES string of the molecule is Cc1ccc(CCN2Cc3nc(N4CCCC4)ncc3C2=O)cc1. The van der Waals surface area contributed by atoms with Gasteiger partial charge in [-0.3, -0.25) is 4.79 Å². The average Bonchev–Trinajstić information content (AvgIpc) is 3.23. The molecule has 1 saturated heterocycles. The summed E-state index contributed by atoms with van der Waals surface area (Å²) in [6.45, 7) is 5.44. The van der Waals surface area contributed by atoms with E-state index in [0.29, 0.717) is 12.1 Å². The second kappa shape index (κ2) is 6.23. The fraction of sp³-hybridized carbons (Fsp3) is 0.421. The first-order valence-corrected chi connectivity index (χ1v) is 8.66. The maximum atomic E-state index is 12.5. The average molecular weight is 322 g/mol. The molecule has 0 saturated carbocycles. The summed E-state index contributed by atoms with van der Waals surface area (Å²) in [7, 11) is 0. The van der Waals surface area contributed by atoms with Crippen molar-refractivity contribution in [2.75, 3.05) is 24.5 Å². The highest BCUT2D eigenvalue weighted by molar-refractivity contribution is 5.97. The van der Waals surface area contributed by atoms with E-state index in [4.69, 9.17) is 0 Å². The third kappa shape index (κ3) is 2.86. The van der Waals surface area contributed by atoms with E-state index in [1.807, 2.05) is 4.90 Å². The van der Waals surface area contributed by atoms with Crippen molar-refractivity contribution in [1.29, 1.82) is 0 Å². The van der Waals surface area contributed by atoms with Gasteiger partial charge < -0.3 is 9.80 Å². The molecule has 5 nitrogen and oxygen atoms in total. The summed E-state index contributed by atoms with van der Waals surface area (Å²) in [6, 6.07) is 8.50. The highest BCUT2D eigenvalue weighted by Gasteiger charge is 2.30. The second-order valence-corrected chi connectivity index (χ2v) is 6.69. The molecular formula is C19H22N4O. The van der Waals surface area contributed by atoms with Gasteiger partial charge in [0.05, 0.1) is 17.8 Å². The van der Waals surface area contributed by atoms with E-state index >= 15 is 0 Å². The van der Waals surface area contributed by atoms with Crippen LogP contribution in [-0.4, -0.2) is 40.4 Å². The quantitative estimate of drug-likeness (QED) is 0.868. The van der Waals surface area contributed by atoms with Crippen molar-refractivity contribution in [3.63, 3.8) is 0 Å². The Morgan fingerprint density at radius 3 is 2.62 bits per heavy atom. The molecule has 0 radical (unpaired) electrons. The molecule has 1 fully saturated rings. The molecule has 5 heteroatoms. The van der Waals surface area contributed by atoms with Crippen molar-refractivity contribution in [2.45, 2.75) is 32.7 Å². The molecule has 0 atom stereocenters. The van der Waals surface area contributed by atoms with Gasteiger partial charge in [0, 0.05) is 25.8 Å². The zero-order valence-corrected chi connectivity index (χ0v) is 14.0. The van der Waals surface area contributed by atoms with Gasteiger partial charge in [-0.2, -0.15) is 0 Å². The van der Waals surface area contributed by atoms with Gasteiger partial charge in [-0.15, -0.1) is 0 Å². The maximum absolute atomic E-state index is 12.5. The van der Waals surface area contributed by atoms with Crippen LogP contribution in [0.15, 0.2) is 30.5 Å². The fourth-order valence-electron chi connectivity index (χ4n) is 3.40. The largest absolute Gasteiger partial charge is 0.341 e. The van der Waals surface area contributed by atoms with Crippen molar-refractivity contribution in [1.82, 2.24) is 14.9 Å². The van der Waals surface area contributed by atoms with Gasteiger partial charge in [0.25, 0.3) is 5.91 Å². The van der Waals surface area contributed by atoms with Crippen LogP contribution < -0.4 is 4.90 Å². The summed E-state index contributed by atoms with van der Waals surface area (Å²) in [4.78, 5) is 25.7. The number of fused-ring (bicyclic) bond motifs is 1. The molecule has 1 amide bonds. The van der Waals surface area contributed by atoms with Crippen molar-refractivity contribution in [2.24, 2.45) is 0 Å². The summed E-state index contributed by atoms with van der Waals surface area (Å²) in [6.07, 6.45) is 4.97. The number of aryl methyl sites for hydroxylation is 1. The van der Waals surface area contributed by atoms with E-state index in [-0.39, 0.29) is 5.91 Å². The normalized spacial score (nSPS) is 16.8. The first-order valence-electron chi connectivity index (χ1n) is 8.66. The first-order chi connectivity index (χ1) is 11.7. The zero-order valence-electron chi connectivity index (χ0n) is 14.0. The topological polar surface area (TPSA) is 49.3 Å². The zero-order chi connectivity index (χ0) is 16.5. The van der Waals surface area contributed by atoms with Crippen LogP contribution in [0.5, 0.6) is 0 Å². The highest BCUT2D eigenvalue weighted by Crippen LogP contribution is 2.24. The number of benzene rings is 1. The number of carbonyl (C=O) groups is 1. The number of aromatic nitrogens is 2. The van der Waals surface area contributed by atoms with Gasteiger partial charge in [-0.1, -0.05) is 29.8 Å². The van der Waals surface area contributed by atoms with Crippen LogP contribution in [0, 0.1) is 6.92 Å². The number of carbonyl (C=O) groups excluding carboxylic acids is 1. The van der Waals surface area contributed by atoms with E-state index in [9.17, 15) is 4.79 Å². The summed E-state index contributed by atoms with van der Waals surface area (Å²) < 4.78 is 0. The number of nitrogens with zero attached hydrogens (tertiary/aromatic N) is 4. The minimum atomic E-state index is 0.0603. The molecule has 2 aliphatic rings. The molecule has 0 bridgehead atoms. The Labute approximate surface area is 142 Å². The summed E-state index contributed by atoms with van der Waals surface area (Å²) in [5, 5.41) is 0. The molecule has 1 aromatic heterocycles. The minimum absolute atomic E-state index is 0.0603. The smallest absolute Gasteiger partial charge is 0.257 e. The number of amides is 1. The van der Waals surface area contributed by atoms with E-state index in [1.165, 1.54) is 24.0 Å². The van der Waals surface area contributed by atoms with Gasteiger partial charge in [0.1, 0.15) is 0 Å². The third-order valence-electron chi connectivity index (χ3n) is 4.89. The van der Waals surface area contributed by atoms with Crippen LogP contribution in [0.4, 0.5) is 5.95 Å². The highest BCUT2D eigenvalue weighted by atomic mass is 16.2. The van der Waals surface area contributed by atoms with Gasteiger partial charge in [-0.05, 0) is 31.7 Å². The van der Waals surface area contributed by atoms with Crippen molar-refractivity contribution in [3.8, 4) is 0 Å². The lowest BCUT2D eigenvalue weighted by atomic mass is 10.1. The fourth-order valence-corrected chi connectivity index (χ4v) is 3.40. The molecule has 2 aromatic rings. The van der Waals surface area contributed by atoms with E-state index in [2.05, 4.69) is 46.1 Å². The van der Waals surface area contributed by atoms with Crippen LogP contribution in [0.1, 0.15) is 40.0 Å². The van der Waals surface area contributed by atoms with E-state index < -0.39 is 0 Å². The monoisotopic (exact) mass is 322 g/mol. The Bertz CT molecular complexity index is 750. The summed E-state index contributed by atoms with van der Waals surface area (Å²) in [5.74, 6) is 0.838. The van der Waals surface area contributed by atoms with Crippen LogP contribution in [-0.2, 0) is 13.0 Å². The maximum Gasteiger partial charge on any atom is 0.257 e. The van der Waals surface area contributed by atoms with Crippen LogP contribution in [0.3, 0.4) is 0 Å². The first kappa shape index (κ1) is 15.1. The number of hydrogen-bond acceptors (Lipinski definition) is 4. The molecule has 0 spiro atoms. The Balaban J connectivity index is 1.45. The second-order valence-electron chi connectivity index (χ2n) is 6.69. The summed E-state index contributed by atoms with van der Waals surface area (Å²) >= 11 is 0. The van der Waals surface area contributed by atoms with Crippen LogP contribution >= 0.6 is 0 Å². The van der Waals surface area contributed by atoms with Crippen molar-refractivity contribution >= 4 is 11.9 Å². The predicted octanol–water partition coefficient (Wildman–Crippen LogP) is 2.58. The Morgan fingerprint density at radius 2 is 1.88 bits per heavy atom. The number of rotatable bonds is 4. The van der Waals surface area contributed by atoms with Gasteiger partial charge >= 0.3 is 0 Å². The lowest BCUT2D eigenvalue weighted by Crippen LogP contribution is -2.26. The molecule has 0 aliphatic carbocycles. The standard InChI is InChI=1S/C19H22N4O/c1-14-4-6-15(7-5-14)8-11-23-13-17-16(18(23)24)12-20-19(21-17)22-9-2-3-10-22/h4-7,12H,2-3,8-11,13H2,1H3. The molecular weight excluding hydrogens is 300 g/mol. The van der Waals surface area contributed by atoms with E-state index in [1.54, 1.807) is 6.20 Å². The number of hydrogen-bond donors (Lipinski definition) is 0. The Hall–Kier alpha value is -2.43. The molecule has 4 rings (SSSR count). The summed E-state index contributed by atoms with van der Waals surface area (Å²) in [5.41, 5.74) is 4.06. The molecule has 1 aromatic carbocycles. The Kier molecular flexibility index (Phi) is 3.92. The van der Waals surface area contributed by atoms with Crippen LogP contribution in [0.2, 0.25) is 0 Å². The lowest BCUT2D eigenvalue weighted by molar-refractivity contribution is 0.0780. The van der Waals surface area contributed by atoms with E-state index in [0.717, 1.165) is 37.7 Å². The Morgan fingerprint density at radius 1 is 1.12 bits per heavy atom. The molecule has 3 heterocycles. The predicted molar refractivity (Wildman–Crippen MR) is 93.1 cm³/mol. The minimum Gasteiger partial charge on any atom is -0.341 e. The molecule has 2 aliphatic heterocycles. The molecule has 0 N–H and O–H groups in total. The van der Waals surface area contributed by atoms with Gasteiger partial charge in [0.2, 0.25) is 5.95 Å². The van der Waals surface area contributed by atoms with Gasteiger partial charge in [-0.25, -0.2) is 9.97 Å². The third-order valence-corrected chi connectivity index (χ3v) is 4.89. The van der Waals surface area contributed by atoms with Gasteiger partial charge in [0.15, 0.2) is 0 Å².